The molecule has 0 saturated carbocycles. The maximum Gasteiger partial charge on any atom is 0.262 e. The first-order valence-corrected chi connectivity index (χ1v) is 9.31. The zero-order chi connectivity index (χ0) is 20.8. The Bertz CT molecular complexity index is 880. The van der Waals surface area contributed by atoms with Crippen LogP contribution in [0.3, 0.4) is 0 Å². The molecule has 3 amide bonds. The molecule has 0 radical (unpaired) electrons. The second-order valence-corrected chi connectivity index (χ2v) is 6.60. The predicted molar refractivity (Wildman–Crippen MR) is 108 cm³/mol. The van der Waals surface area contributed by atoms with Crippen LogP contribution in [0.2, 0.25) is 0 Å². The number of carbonyl (C=O) groups is 3. The summed E-state index contributed by atoms with van der Waals surface area (Å²) in [5, 5.41) is 2.74. The Morgan fingerprint density at radius 3 is 2.28 bits per heavy atom. The molecule has 1 aliphatic heterocycles. The minimum atomic E-state index is -0.473. The Labute approximate surface area is 168 Å². The van der Waals surface area contributed by atoms with Crippen molar-refractivity contribution in [2.75, 3.05) is 30.0 Å². The lowest BCUT2D eigenvalue weighted by molar-refractivity contribution is -0.123. The van der Waals surface area contributed by atoms with Crippen LogP contribution in [-0.2, 0) is 14.4 Å². The number of nitrogens with zero attached hydrogens (tertiary/aromatic N) is 1. The van der Waals surface area contributed by atoms with Crippen LogP contribution in [0.5, 0.6) is 11.5 Å². The lowest BCUT2D eigenvalue weighted by Gasteiger charge is -2.16. The van der Waals surface area contributed by atoms with Gasteiger partial charge < -0.3 is 25.4 Å². The first-order valence-electron chi connectivity index (χ1n) is 9.31. The molecule has 1 fully saturated rings. The number of anilines is 2. The van der Waals surface area contributed by atoms with Gasteiger partial charge in [0.05, 0.1) is 12.5 Å². The quantitative estimate of drug-likeness (QED) is 0.707. The van der Waals surface area contributed by atoms with Crippen LogP contribution in [0, 0.1) is 5.92 Å². The molecule has 29 heavy (non-hydrogen) atoms. The molecular weight excluding hydrogens is 374 g/mol. The van der Waals surface area contributed by atoms with Gasteiger partial charge in [0.25, 0.3) is 5.91 Å². The summed E-state index contributed by atoms with van der Waals surface area (Å²) in [7, 11) is 0. The van der Waals surface area contributed by atoms with Crippen LogP contribution in [0.1, 0.15) is 13.3 Å². The molecule has 8 nitrogen and oxygen atoms in total. The summed E-state index contributed by atoms with van der Waals surface area (Å²) in [6.45, 7) is 2.61. The number of primary amides is 1. The minimum Gasteiger partial charge on any atom is -0.494 e. The fourth-order valence-electron chi connectivity index (χ4n) is 3.02. The largest absolute Gasteiger partial charge is 0.494 e. The van der Waals surface area contributed by atoms with Crippen LogP contribution in [0.25, 0.3) is 0 Å². The van der Waals surface area contributed by atoms with Gasteiger partial charge in [0, 0.05) is 24.3 Å². The van der Waals surface area contributed by atoms with Crippen molar-refractivity contribution in [1.82, 2.24) is 0 Å². The Balaban J connectivity index is 1.50. The van der Waals surface area contributed by atoms with Crippen LogP contribution in [0.4, 0.5) is 11.4 Å². The van der Waals surface area contributed by atoms with E-state index in [1.807, 2.05) is 6.92 Å². The lowest BCUT2D eigenvalue weighted by Crippen LogP contribution is -2.28. The summed E-state index contributed by atoms with van der Waals surface area (Å²) >= 11 is 0. The molecule has 0 unspecified atom stereocenters. The van der Waals surface area contributed by atoms with E-state index in [0.717, 1.165) is 5.75 Å². The van der Waals surface area contributed by atoms with Crippen LogP contribution < -0.4 is 25.4 Å². The highest BCUT2D eigenvalue weighted by atomic mass is 16.5. The number of hydrogen-bond acceptors (Lipinski definition) is 5. The van der Waals surface area contributed by atoms with E-state index in [2.05, 4.69) is 5.32 Å². The summed E-state index contributed by atoms with van der Waals surface area (Å²) < 4.78 is 10.8. The predicted octanol–water partition coefficient (Wildman–Crippen LogP) is 1.94. The maximum atomic E-state index is 12.1. The van der Waals surface area contributed by atoms with Crippen LogP contribution in [-0.4, -0.2) is 37.5 Å². The maximum absolute atomic E-state index is 12.1. The molecule has 1 aliphatic rings. The van der Waals surface area contributed by atoms with Crippen molar-refractivity contribution in [1.29, 1.82) is 0 Å². The van der Waals surface area contributed by atoms with Crippen molar-refractivity contribution in [2.24, 2.45) is 11.7 Å². The highest BCUT2D eigenvalue weighted by Crippen LogP contribution is 2.26. The molecule has 0 bridgehead atoms. The van der Waals surface area contributed by atoms with Crippen LogP contribution in [0.15, 0.2) is 48.5 Å². The summed E-state index contributed by atoms with van der Waals surface area (Å²) in [4.78, 5) is 36.9. The number of ether oxygens (including phenoxy) is 2. The van der Waals surface area contributed by atoms with Gasteiger partial charge in [-0.2, -0.15) is 0 Å². The third kappa shape index (κ3) is 5.25. The normalized spacial score (nSPS) is 15.8. The van der Waals surface area contributed by atoms with E-state index in [1.165, 1.54) is 4.90 Å². The van der Waals surface area contributed by atoms with E-state index < -0.39 is 11.8 Å². The first-order chi connectivity index (χ1) is 14.0. The monoisotopic (exact) mass is 397 g/mol. The van der Waals surface area contributed by atoms with Crippen molar-refractivity contribution in [3.8, 4) is 11.5 Å². The summed E-state index contributed by atoms with van der Waals surface area (Å²) in [5.41, 5.74) is 6.59. The van der Waals surface area contributed by atoms with Crippen molar-refractivity contribution in [3.05, 3.63) is 48.5 Å². The third-order valence-electron chi connectivity index (χ3n) is 4.49. The smallest absolute Gasteiger partial charge is 0.262 e. The summed E-state index contributed by atoms with van der Waals surface area (Å²) in [6, 6.07) is 13.8. The van der Waals surface area contributed by atoms with E-state index in [1.54, 1.807) is 48.5 Å². The van der Waals surface area contributed by atoms with Gasteiger partial charge in [-0.3, -0.25) is 14.4 Å². The molecule has 0 spiro atoms. The lowest BCUT2D eigenvalue weighted by atomic mass is 10.1. The number of hydrogen-bond donors (Lipinski definition) is 2. The molecule has 2 aromatic carbocycles. The van der Waals surface area contributed by atoms with Crippen molar-refractivity contribution in [2.45, 2.75) is 13.3 Å². The Hall–Kier alpha value is -3.55. The molecule has 1 heterocycles. The Morgan fingerprint density at radius 2 is 1.69 bits per heavy atom. The zero-order valence-electron chi connectivity index (χ0n) is 16.1. The van der Waals surface area contributed by atoms with Gasteiger partial charge in [-0.15, -0.1) is 0 Å². The van der Waals surface area contributed by atoms with Gasteiger partial charge in [-0.1, -0.05) is 0 Å². The van der Waals surface area contributed by atoms with Crippen molar-refractivity contribution >= 4 is 29.1 Å². The molecule has 1 atom stereocenters. The van der Waals surface area contributed by atoms with Crippen molar-refractivity contribution in [3.63, 3.8) is 0 Å². The van der Waals surface area contributed by atoms with Crippen LogP contribution >= 0.6 is 0 Å². The van der Waals surface area contributed by atoms with E-state index in [-0.39, 0.29) is 31.4 Å². The molecule has 152 valence electrons. The number of amides is 3. The minimum absolute atomic E-state index is 0.124. The van der Waals surface area contributed by atoms with Gasteiger partial charge in [-0.05, 0) is 55.5 Å². The third-order valence-corrected chi connectivity index (χ3v) is 4.49. The van der Waals surface area contributed by atoms with Gasteiger partial charge in [-0.25, -0.2) is 0 Å². The summed E-state index contributed by atoms with van der Waals surface area (Å²) in [5.74, 6) is -0.146. The fourth-order valence-corrected chi connectivity index (χ4v) is 3.02. The van der Waals surface area contributed by atoms with Gasteiger partial charge in [0.2, 0.25) is 11.8 Å². The molecule has 1 saturated heterocycles. The second-order valence-electron chi connectivity index (χ2n) is 6.60. The second kappa shape index (κ2) is 9.09. The standard InChI is InChI=1S/C21H23N3O5/c1-2-28-17-7-3-15(4-8-17)23-19(25)13-29-18-9-5-16(6-10-18)24-12-14(21(22)27)11-20(24)26/h3-10,14H,2,11-13H2,1H3,(H2,22,27)(H,23,25)/t14-/m1/s1. The average molecular weight is 397 g/mol. The topological polar surface area (TPSA) is 111 Å². The molecule has 0 aromatic heterocycles. The molecule has 2 aromatic rings. The highest BCUT2D eigenvalue weighted by Gasteiger charge is 2.33. The average Bonchev–Trinajstić information content (AvgIpc) is 3.11. The fraction of sp³-hybridized carbons (Fsp3) is 0.286. The Kier molecular flexibility index (Phi) is 6.33. The number of rotatable bonds is 8. The number of nitrogens with two attached hydrogens (primary N) is 1. The molecule has 8 heteroatoms. The van der Waals surface area contributed by atoms with E-state index in [9.17, 15) is 14.4 Å². The molecule has 3 rings (SSSR count). The number of nitrogens with one attached hydrogen (secondary N) is 1. The molecular formula is C21H23N3O5. The first kappa shape index (κ1) is 20.2. The van der Waals surface area contributed by atoms with Gasteiger partial charge in [0.15, 0.2) is 6.61 Å². The number of carbonyl (C=O) groups excluding carboxylic acids is 3. The SMILES string of the molecule is CCOc1ccc(NC(=O)COc2ccc(N3C[C@H](C(N)=O)CC3=O)cc2)cc1. The van der Waals surface area contributed by atoms with Crippen molar-refractivity contribution < 1.29 is 23.9 Å². The zero-order valence-corrected chi connectivity index (χ0v) is 16.1. The highest BCUT2D eigenvalue weighted by molar-refractivity contribution is 6.00. The summed E-state index contributed by atoms with van der Waals surface area (Å²) in [6.07, 6.45) is 0.124. The molecule has 0 aliphatic carbocycles. The molecule has 3 N–H and O–H groups in total. The van der Waals surface area contributed by atoms with Gasteiger partial charge in [0.1, 0.15) is 11.5 Å². The van der Waals surface area contributed by atoms with E-state index in [4.69, 9.17) is 15.2 Å². The number of benzene rings is 2. The van der Waals surface area contributed by atoms with Gasteiger partial charge >= 0.3 is 0 Å². The van der Waals surface area contributed by atoms with E-state index in [0.29, 0.717) is 23.7 Å². The van der Waals surface area contributed by atoms with E-state index >= 15 is 0 Å². The Morgan fingerprint density at radius 1 is 1.07 bits per heavy atom.